The molecule has 0 aliphatic heterocycles. The van der Waals surface area contributed by atoms with E-state index < -0.39 is 6.09 Å². The van der Waals surface area contributed by atoms with Crippen LogP contribution < -0.4 is 10.9 Å². The Hall–Kier alpha value is -2.37. The number of hydrogen-bond donors (Lipinski definition) is 2. The Morgan fingerprint density at radius 2 is 2.08 bits per heavy atom. The molecule has 1 aromatic heterocycles. The van der Waals surface area contributed by atoms with Gasteiger partial charge in [-0.3, -0.25) is 10.1 Å². The molecule has 0 spiro atoms. The maximum Gasteiger partial charge on any atom is 0.411 e. The Balaban J connectivity index is 1.91. The molecule has 0 bridgehead atoms. The van der Waals surface area contributed by atoms with E-state index in [1.807, 2.05) is 6.92 Å². The van der Waals surface area contributed by atoms with Crippen LogP contribution in [0.4, 0.5) is 10.5 Å². The lowest BCUT2D eigenvalue weighted by atomic mass is 10.1. The molecule has 0 saturated carbocycles. The standard InChI is InChI=1S/C18H25N3O3/c1-3-5-6-7-8-15(4-2)24-18(23)19-14-10-9-13-11-17(22)21-20-16(13)12-14/h9-12,15H,3-8H2,1-2H3,(H,19,23)(H,21,22). The van der Waals surface area contributed by atoms with Gasteiger partial charge in [0.1, 0.15) is 6.10 Å². The Morgan fingerprint density at radius 1 is 1.25 bits per heavy atom. The number of carbonyl (C=O) groups is 1. The van der Waals surface area contributed by atoms with Crippen LogP contribution in [0.2, 0.25) is 0 Å². The monoisotopic (exact) mass is 331 g/mol. The van der Waals surface area contributed by atoms with Gasteiger partial charge in [-0.25, -0.2) is 9.89 Å². The SMILES string of the molecule is CCCCCCC(CC)OC(=O)Nc1ccc2cc(=O)[nH]nc2c1. The molecule has 2 aromatic rings. The molecule has 1 aromatic carbocycles. The van der Waals surface area contributed by atoms with Crippen LogP contribution in [-0.2, 0) is 4.74 Å². The zero-order valence-corrected chi connectivity index (χ0v) is 14.3. The molecule has 2 rings (SSSR count). The van der Waals surface area contributed by atoms with Gasteiger partial charge in [-0.05, 0) is 31.4 Å². The molecule has 1 amide bonds. The van der Waals surface area contributed by atoms with Crippen molar-refractivity contribution in [1.82, 2.24) is 10.2 Å². The van der Waals surface area contributed by atoms with Crippen LogP contribution in [0, 0.1) is 0 Å². The average Bonchev–Trinajstić information content (AvgIpc) is 2.57. The number of ether oxygens (including phenoxy) is 1. The van der Waals surface area contributed by atoms with Crippen LogP contribution in [0.1, 0.15) is 52.4 Å². The topological polar surface area (TPSA) is 84.1 Å². The number of carbonyl (C=O) groups excluding carboxylic acids is 1. The number of rotatable bonds is 8. The number of H-pyrrole nitrogens is 1. The molecule has 1 heterocycles. The number of hydrogen-bond acceptors (Lipinski definition) is 4. The van der Waals surface area contributed by atoms with E-state index in [0.717, 1.165) is 24.6 Å². The van der Waals surface area contributed by atoms with Crippen molar-refractivity contribution >= 4 is 22.7 Å². The Labute approximate surface area is 141 Å². The van der Waals surface area contributed by atoms with Crippen molar-refractivity contribution in [2.45, 2.75) is 58.5 Å². The summed E-state index contributed by atoms with van der Waals surface area (Å²) in [5.41, 5.74) is 0.948. The summed E-state index contributed by atoms with van der Waals surface area (Å²) in [5, 5.41) is 9.78. The van der Waals surface area contributed by atoms with Crippen LogP contribution in [-0.4, -0.2) is 22.4 Å². The lowest BCUT2D eigenvalue weighted by Crippen LogP contribution is -2.22. The zero-order chi connectivity index (χ0) is 17.4. The zero-order valence-electron chi connectivity index (χ0n) is 14.3. The Kier molecular flexibility index (Phi) is 6.78. The van der Waals surface area contributed by atoms with Gasteiger partial charge in [-0.15, -0.1) is 0 Å². The van der Waals surface area contributed by atoms with E-state index >= 15 is 0 Å². The van der Waals surface area contributed by atoms with E-state index in [2.05, 4.69) is 22.4 Å². The first-order valence-corrected chi connectivity index (χ1v) is 8.59. The van der Waals surface area contributed by atoms with E-state index in [1.54, 1.807) is 18.2 Å². The molecule has 6 heteroatoms. The number of fused-ring (bicyclic) bond motifs is 1. The molecule has 0 aliphatic carbocycles. The van der Waals surface area contributed by atoms with Crippen LogP contribution >= 0.6 is 0 Å². The minimum absolute atomic E-state index is 0.0585. The van der Waals surface area contributed by atoms with E-state index in [9.17, 15) is 9.59 Å². The average molecular weight is 331 g/mol. The second-order valence-corrected chi connectivity index (χ2v) is 5.92. The summed E-state index contributed by atoms with van der Waals surface area (Å²) < 4.78 is 5.49. The van der Waals surface area contributed by atoms with Crippen molar-refractivity contribution in [3.8, 4) is 0 Å². The Bertz CT molecular complexity index is 727. The molecule has 0 radical (unpaired) electrons. The highest BCUT2D eigenvalue weighted by Crippen LogP contribution is 2.17. The molecule has 1 unspecified atom stereocenters. The largest absolute Gasteiger partial charge is 0.446 e. The maximum absolute atomic E-state index is 12.0. The normalized spacial score (nSPS) is 12.1. The quantitative estimate of drug-likeness (QED) is 0.709. The molecule has 24 heavy (non-hydrogen) atoms. The number of unbranched alkanes of at least 4 members (excludes halogenated alkanes) is 3. The lowest BCUT2D eigenvalue weighted by molar-refractivity contribution is 0.101. The summed E-state index contributed by atoms with van der Waals surface area (Å²) in [4.78, 5) is 23.3. The van der Waals surface area contributed by atoms with Crippen molar-refractivity contribution in [1.29, 1.82) is 0 Å². The number of nitrogens with zero attached hydrogens (tertiary/aromatic N) is 1. The highest BCUT2D eigenvalue weighted by Gasteiger charge is 2.12. The molecular formula is C18H25N3O3. The molecule has 0 fully saturated rings. The third-order valence-electron chi connectivity index (χ3n) is 3.96. The minimum Gasteiger partial charge on any atom is -0.446 e. The minimum atomic E-state index is -0.457. The van der Waals surface area contributed by atoms with E-state index in [4.69, 9.17) is 4.74 Å². The summed E-state index contributed by atoms with van der Waals surface area (Å²) >= 11 is 0. The van der Waals surface area contributed by atoms with E-state index in [-0.39, 0.29) is 11.7 Å². The third kappa shape index (κ3) is 5.37. The van der Waals surface area contributed by atoms with Gasteiger partial charge in [0.25, 0.3) is 5.56 Å². The van der Waals surface area contributed by atoms with Crippen LogP contribution in [0.25, 0.3) is 10.9 Å². The second kappa shape index (κ2) is 9.05. The van der Waals surface area contributed by atoms with Gasteiger partial charge in [0.15, 0.2) is 0 Å². The number of benzene rings is 1. The summed E-state index contributed by atoms with van der Waals surface area (Å²) in [6.45, 7) is 4.20. The van der Waals surface area contributed by atoms with Crippen LogP contribution in [0.15, 0.2) is 29.1 Å². The van der Waals surface area contributed by atoms with Crippen LogP contribution in [0.3, 0.4) is 0 Å². The fraction of sp³-hybridized carbons (Fsp3) is 0.500. The molecule has 0 aliphatic rings. The fourth-order valence-electron chi connectivity index (χ4n) is 2.57. The molecule has 0 saturated heterocycles. The highest BCUT2D eigenvalue weighted by molar-refractivity contribution is 5.89. The number of nitrogens with one attached hydrogen (secondary N) is 2. The molecular weight excluding hydrogens is 306 g/mol. The third-order valence-corrected chi connectivity index (χ3v) is 3.96. The van der Waals surface area contributed by atoms with Gasteiger partial charge in [0.2, 0.25) is 0 Å². The van der Waals surface area contributed by atoms with Crippen molar-refractivity contribution in [2.75, 3.05) is 5.32 Å². The summed E-state index contributed by atoms with van der Waals surface area (Å²) in [6.07, 6.45) is 5.84. The number of amides is 1. The van der Waals surface area contributed by atoms with E-state index in [0.29, 0.717) is 11.2 Å². The van der Waals surface area contributed by atoms with Gasteiger partial charge in [0, 0.05) is 17.1 Å². The predicted molar refractivity (Wildman–Crippen MR) is 95.3 cm³/mol. The first-order valence-electron chi connectivity index (χ1n) is 8.59. The maximum atomic E-state index is 12.0. The Morgan fingerprint density at radius 3 is 2.83 bits per heavy atom. The first kappa shape index (κ1) is 18.0. The van der Waals surface area contributed by atoms with Crippen molar-refractivity contribution < 1.29 is 9.53 Å². The molecule has 130 valence electrons. The number of anilines is 1. The second-order valence-electron chi connectivity index (χ2n) is 5.92. The van der Waals surface area contributed by atoms with Crippen LogP contribution in [0.5, 0.6) is 0 Å². The predicted octanol–water partition coefficient (Wildman–Crippen LogP) is 4.22. The number of aromatic nitrogens is 2. The molecule has 2 N–H and O–H groups in total. The van der Waals surface area contributed by atoms with Gasteiger partial charge in [-0.2, -0.15) is 5.10 Å². The lowest BCUT2D eigenvalue weighted by Gasteiger charge is -2.16. The summed E-state index contributed by atoms with van der Waals surface area (Å²) in [5.74, 6) is 0. The van der Waals surface area contributed by atoms with Crippen molar-refractivity contribution in [2.24, 2.45) is 0 Å². The van der Waals surface area contributed by atoms with Crippen molar-refractivity contribution in [3.63, 3.8) is 0 Å². The first-order chi connectivity index (χ1) is 11.6. The van der Waals surface area contributed by atoms with Gasteiger partial charge >= 0.3 is 6.09 Å². The summed E-state index contributed by atoms with van der Waals surface area (Å²) in [6, 6.07) is 6.64. The van der Waals surface area contributed by atoms with Crippen molar-refractivity contribution in [3.05, 3.63) is 34.6 Å². The smallest absolute Gasteiger partial charge is 0.411 e. The van der Waals surface area contributed by atoms with E-state index in [1.165, 1.54) is 25.3 Å². The number of aromatic amines is 1. The summed E-state index contributed by atoms with van der Waals surface area (Å²) in [7, 11) is 0. The van der Waals surface area contributed by atoms with Gasteiger partial charge < -0.3 is 4.74 Å². The highest BCUT2D eigenvalue weighted by atomic mass is 16.6. The molecule has 6 nitrogen and oxygen atoms in total. The fourth-order valence-corrected chi connectivity index (χ4v) is 2.57. The van der Waals surface area contributed by atoms with Gasteiger partial charge in [0.05, 0.1) is 5.52 Å². The van der Waals surface area contributed by atoms with Gasteiger partial charge in [-0.1, -0.05) is 39.2 Å². The molecule has 1 atom stereocenters.